The molecule has 2 heterocycles. The van der Waals surface area contributed by atoms with E-state index >= 15 is 0 Å². The molecule has 28 heavy (non-hydrogen) atoms. The van der Waals surface area contributed by atoms with Gasteiger partial charge in [-0.2, -0.15) is 0 Å². The second kappa shape index (κ2) is 8.66. The number of aromatic nitrogens is 2. The molecular weight excluding hydrogens is 380 g/mol. The lowest BCUT2D eigenvalue weighted by Crippen LogP contribution is -2.34. The monoisotopic (exact) mass is 400 g/mol. The van der Waals surface area contributed by atoms with Crippen LogP contribution < -0.4 is 5.32 Å². The van der Waals surface area contributed by atoms with Crippen molar-refractivity contribution >= 4 is 45.2 Å². The fourth-order valence-electron chi connectivity index (χ4n) is 2.71. The van der Waals surface area contributed by atoms with E-state index in [4.69, 9.17) is 4.74 Å². The molecule has 146 valence electrons. The lowest BCUT2D eigenvalue weighted by molar-refractivity contribution is -0.142. The number of ether oxygens (including phenoxy) is 1. The van der Waals surface area contributed by atoms with Gasteiger partial charge in [0.1, 0.15) is 0 Å². The van der Waals surface area contributed by atoms with Crippen molar-refractivity contribution in [1.82, 2.24) is 14.9 Å². The number of aromatic amines is 1. The van der Waals surface area contributed by atoms with Crippen LogP contribution in [0.25, 0.3) is 10.9 Å². The molecule has 2 N–H and O–H groups in total. The lowest BCUT2D eigenvalue weighted by Gasteiger charge is -2.15. The van der Waals surface area contributed by atoms with Crippen LogP contribution in [0.3, 0.4) is 0 Å². The smallest absolute Gasteiger partial charge is 0.311 e. The third-order valence-electron chi connectivity index (χ3n) is 3.98. The molecule has 2 amide bonds. The van der Waals surface area contributed by atoms with Gasteiger partial charge in [0.15, 0.2) is 5.13 Å². The van der Waals surface area contributed by atoms with Gasteiger partial charge in [-0.15, -0.1) is 11.3 Å². The molecule has 0 unspecified atom stereocenters. The summed E-state index contributed by atoms with van der Waals surface area (Å²) in [5.41, 5.74) is 1.90. The molecule has 9 heteroatoms. The van der Waals surface area contributed by atoms with Gasteiger partial charge < -0.3 is 19.9 Å². The van der Waals surface area contributed by atoms with Crippen LogP contribution in [0.2, 0.25) is 0 Å². The fourth-order valence-corrected chi connectivity index (χ4v) is 3.43. The number of esters is 1. The van der Waals surface area contributed by atoms with Crippen molar-refractivity contribution in [1.29, 1.82) is 0 Å². The minimum atomic E-state index is -0.368. The average Bonchev–Trinajstić information content (AvgIpc) is 3.27. The fraction of sp³-hybridized carbons (Fsp3) is 0.263. The number of likely N-dealkylation sites (N-methyl/N-ethyl adjacent to an activating group) is 1. The summed E-state index contributed by atoms with van der Waals surface area (Å²) in [6.07, 6.45) is 1.70. The van der Waals surface area contributed by atoms with Crippen LogP contribution in [0, 0.1) is 0 Å². The molecule has 0 spiro atoms. The standard InChI is InChI=1S/C19H20N4O4S/c1-3-27-17(25)8-12-11-28-19(21-12)22-16(24)10-23(2)18(26)14-9-20-15-7-5-4-6-13(14)15/h4-7,9,11,20H,3,8,10H2,1-2H3,(H,21,22,24). The number of nitrogens with one attached hydrogen (secondary N) is 2. The van der Waals surface area contributed by atoms with Gasteiger partial charge in [-0.25, -0.2) is 4.98 Å². The number of amides is 2. The largest absolute Gasteiger partial charge is 0.466 e. The summed E-state index contributed by atoms with van der Waals surface area (Å²) in [6.45, 7) is 1.92. The van der Waals surface area contributed by atoms with Gasteiger partial charge in [-0.05, 0) is 13.0 Å². The SMILES string of the molecule is CCOC(=O)Cc1csc(NC(=O)CN(C)C(=O)c2c[nH]c3ccccc23)n1. The Bertz CT molecular complexity index is 1010. The number of hydrogen-bond donors (Lipinski definition) is 2. The first-order valence-corrected chi connectivity index (χ1v) is 9.57. The molecule has 0 saturated heterocycles. The maximum Gasteiger partial charge on any atom is 0.311 e. The summed E-state index contributed by atoms with van der Waals surface area (Å²) >= 11 is 1.21. The number of carbonyl (C=O) groups excluding carboxylic acids is 3. The topological polar surface area (TPSA) is 104 Å². The van der Waals surface area contributed by atoms with Crippen LogP contribution in [0.5, 0.6) is 0 Å². The van der Waals surface area contributed by atoms with Crippen LogP contribution in [0.15, 0.2) is 35.8 Å². The molecule has 0 aliphatic heterocycles. The first kappa shape index (κ1) is 19.6. The van der Waals surface area contributed by atoms with E-state index in [1.54, 1.807) is 25.5 Å². The van der Waals surface area contributed by atoms with E-state index in [9.17, 15) is 14.4 Å². The van der Waals surface area contributed by atoms with Crippen molar-refractivity contribution in [2.75, 3.05) is 25.5 Å². The zero-order valence-corrected chi connectivity index (χ0v) is 16.3. The maximum atomic E-state index is 12.7. The Labute approximate surface area is 165 Å². The summed E-state index contributed by atoms with van der Waals surface area (Å²) in [7, 11) is 1.57. The van der Waals surface area contributed by atoms with E-state index in [2.05, 4.69) is 15.3 Å². The van der Waals surface area contributed by atoms with E-state index in [0.717, 1.165) is 10.9 Å². The third-order valence-corrected chi connectivity index (χ3v) is 4.78. The maximum absolute atomic E-state index is 12.7. The van der Waals surface area contributed by atoms with Gasteiger partial charge in [0, 0.05) is 29.5 Å². The van der Waals surface area contributed by atoms with Crippen molar-refractivity contribution < 1.29 is 19.1 Å². The molecule has 0 saturated carbocycles. The van der Waals surface area contributed by atoms with E-state index < -0.39 is 0 Å². The van der Waals surface area contributed by atoms with Crippen molar-refractivity contribution in [2.45, 2.75) is 13.3 Å². The molecule has 0 atom stereocenters. The number of fused-ring (bicyclic) bond motifs is 1. The summed E-state index contributed by atoms with van der Waals surface area (Å²) in [5.74, 6) is -0.989. The Morgan fingerprint density at radius 2 is 2.07 bits per heavy atom. The number of hydrogen-bond acceptors (Lipinski definition) is 6. The third kappa shape index (κ3) is 4.55. The molecule has 0 radical (unpaired) electrons. The second-order valence-electron chi connectivity index (χ2n) is 6.08. The van der Waals surface area contributed by atoms with Crippen LogP contribution in [-0.2, 0) is 20.7 Å². The Balaban J connectivity index is 1.58. The van der Waals surface area contributed by atoms with Crippen molar-refractivity contribution in [3.8, 4) is 0 Å². The number of anilines is 1. The van der Waals surface area contributed by atoms with E-state index in [0.29, 0.717) is 23.0 Å². The normalized spacial score (nSPS) is 10.6. The number of para-hydroxylation sites is 1. The molecular formula is C19H20N4O4S. The molecule has 8 nitrogen and oxygen atoms in total. The van der Waals surface area contributed by atoms with E-state index in [1.807, 2.05) is 24.3 Å². The molecule has 0 fully saturated rings. The minimum Gasteiger partial charge on any atom is -0.466 e. The molecule has 0 aliphatic carbocycles. The number of benzene rings is 1. The van der Waals surface area contributed by atoms with Crippen molar-refractivity contribution in [2.24, 2.45) is 0 Å². The second-order valence-corrected chi connectivity index (χ2v) is 6.94. The Hall–Kier alpha value is -3.20. The van der Waals surface area contributed by atoms with Crippen LogP contribution in [-0.4, -0.2) is 52.9 Å². The molecule has 2 aromatic heterocycles. The van der Waals surface area contributed by atoms with Crippen LogP contribution in [0.1, 0.15) is 23.0 Å². The first-order chi connectivity index (χ1) is 13.5. The molecule has 3 rings (SSSR count). The zero-order valence-electron chi connectivity index (χ0n) is 15.5. The molecule has 0 bridgehead atoms. The van der Waals surface area contributed by atoms with Gasteiger partial charge in [-0.1, -0.05) is 18.2 Å². The average molecular weight is 400 g/mol. The van der Waals surface area contributed by atoms with E-state index in [1.165, 1.54) is 16.2 Å². The van der Waals surface area contributed by atoms with Gasteiger partial charge in [-0.3, -0.25) is 14.4 Å². The van der Waals surface area contributed by atoms with Gasteiger partial charge in [0.2, 0.25) is 5.91 Å². The van der Waals surface area contributed by atoms with Crippen molar-refractivity contribution in [3.63, 3.8) is 0 Å². The predicted octanol–water partition coefficient (Wildman–Crippen LogP) is 2.44. The Morgan fingerprint density at radius 1 is 1.29 bits per heavy atom. The number of nitrogens with zero attached hydrogens (tertiary/aromatic N) is 2. The van der Waals surface area contributed by atoms with Crippen molar-refractivity contribution in [3.05, 3.63) is 47.1 Å². The number of carbonyl (C=O) groups is 3. The lowest BCUT2D eigenvalue weighted by atomic mass is 10.1. The van der Waals surface area contributed by atoms with Crippen LogP contribution >= 0.6 is 11.3 Å². The summed E-state index contributed by atoms with van der Waals surface area (Å²) in [6, 6.07) is 7.48. The molecule has 0 aliphatic rings. The first-order valence-electron chi connectivity index (χ1n) is 8.69. The highest BCUT2D eigenvalue weighted by atomic mass is 32.1. The number of thiazole rings is 1. The highest BCUT2D eigenvalue weighted by Gasteiger charge is 2.19. The summed E-state index contributed by atoms with van der Waals surface area (Å²) in [4.78, 5) is 45.0. The highest BCUT2D eigenvalue weighted by molar-refractivity contribution is 7.13. The molecule has 3 aromatic rings. The number of rotatable bonds is 7. The summed E-state index contributed by atoms with van der Waals surface area (Å²) in [5, 5.41) is 5.52. The summed E-state index contributed by atoms with van der Waals surface area (Å²) < 4.78 is 4.87. The van der Waals surface area contributed by atoms with Gasteiger partial charge in [0.25, 0.3) is 5.91 Å². The van der Waals surface area contributed by atoms with E-state index in [-0.39, 0.29) is 30.7 Å². The van der Waals surface area contributed by atoms with Crippen LogP contribution in [0.4, 0.5) is 5.13 Å². The minimum absolute atomic E-state index is 0.0547. The quantitative estimate of drug-likeness (QED) is 0.593. The zero-order chi connectivity index (χ0) is 20.1. The Kier molecular flexibility index (Phi) is 6.05. The highest BCUT2D eigenvalue weighted by Crippen LogP contribution is 2.19. The van der Waals surface area contributed by atoms with Gasteiger partial charge in [0.05, 0.1) is 30.8 Å². The predicted molar refractivity (Wildman–Crippen MR) is 106 cm³/mol. The molecule has 1 aromatic carbocycles. The Morgan fingerprint density at radius 3 is 2.86 bits per heavy atom. The van der Waals surface area contributed by atoms with Gasteiger partial charge >= 0.3 is 5.97 Å². The number of H-pyrrole nitrogens is 1.